The largest absolute Gasteiger partial charge is 0.497 e. The van der Waals surface area contributed by atoms with Crippen LogP contribution in [0.5, 0.6) is 11.5 Å². The van der Waals surface area contributed by atoms with E-state index in [-0.39, 0.29) is 12.5 Å². The van der Waals surface area contributed by atoms with E-state index in [1.807, 2.05) is 43.3 Å². The van der Waals surface area contributed by atoms with Gasteiger partial charge in [-0.3, -0.25) is 9.69 Å². The molecule has 2 N–H and O–H groups in total. The summed E-state index contributed by atoms with van der Waals surface area (Å²) >= 11 is 0. The van der Waals surface area contributed by atoms with Crippen molar-refractivity contribution in [2.75, 3.05) is 67.4 Å². The van der Waals surface area contributed by atoms with E-state index in [0.29, 0.717) is 35.7 Å². The number of anilines is 6. The Morgan fingerprint density at radius 1 is 0.930 bits per heavy atom. The number of pyridine rings is 1. The third-order valence-corrected chi connectivity index (χ3v) is 7.76. The van der Waals surface area contributed by atoms with Crippen LogP contribution < -0.4 is 29.9 Å². The molecule has 43 heavy (non-hydrogen) atoms. The Balaban J connectivity index is 1.19. The fraction of sp³-hybridized carbons (Fsp3) is 0.312. The van der Waals surface area contributed by atoms with E-state index in [1.165, 1.54) is 11.3 Å². The zero-order valence-corrected chi connectivity index (χ0v) is 24.9. The molecule has 2 aliphatic heterocycles. The summed E-state index contributed by atoms with van der Waals surface area (Å²) in [4.78, 5) is 33.3. The lowest BCUT2D eigenvalue weighted by Gasteiger charge is -2.35. The molecule has 1 saturated heterocycles. The number of nitrogens with one attached hydrogen (secondary N) is 2. The van der Waals surface area contributed by atoms with Crippen LogP contribution in [-0.4, -0.2) is 72.7 Å². The number of piperazine rings is 1. The first-order valence-corrected chi connectivity index (χ1v) is 14.4. The molecule has 4 aromatic rings. The predicted molar refractivity (Wildman–Crippen MR) is 168 cm³/mol. The van der Waals surface area contributed by atoms with Crippen LogP contribution in [0.1, 0.15) is 16.7 Å². The van der Waals surface area contributed by atoms with Gasteiger partial charge in [0.15, 0.2) is 18.2 Å². The van der Waals surface area contributed by atoms with E-state index in [1.54, 1.807) is 18.2 Å². The van der Waals surface area contributed by atoms with Crippen LogP contribution in [-0.2, 0) is 11.3 Å². The highest BCUT2D eigenvalue weighted by Gasteiger charge is 2.28. The summed E-state index contributed by atoms with van der Waals surface area (Å²) in [7, 11) is 3.79. The van der Waals surface area contributed by atoms with Crippen molar-refractivity contribution in [1.82, 2.24) is 19.9 Å². The van der Waals surface area contributed by atoms with Crippen molar-refractivity contribution >= 4 is 40.7 Å². The van der Waals surface area contributed by atoms with Gasteiger partial charge in [-0.2, -0.15) is 4.98 Å². The number of hydrogen-bond acceptors (Lipinski definition) is 10. The third-order valence-electron chi connectivity index (χ3n) is 7.76. The molecule has 1 fully saturated rings. The number of likely N-dealkylation sites (N-methyl/N-ethyl adjacent to an activating group) is 1. The molecule has 4 heterocycles. The molecule has 0 atom stereocenters. The Kier molecular flexibility index (Phi) is 7.97. The summed E-state index contributed by atoms with van der Waals surface area (Å²) in [5, 5.41) is 6.65. The first-order chi connectivity index (χ1) is 20.9. The number of hydrogen-bond donors (Lipinski definition) is 2. The molecular formula is C32H36N8O3. The van der Waals surface area contributed by atoms with Gasteiger partial charge in [-0.05, 0) is 74.5 Å². The molecule has 0 spiro atoms. The van der Waals surface area contributed by atoms with Crippen molar-refractivity contribution in [2.45, 2.75) is 20.4 Å². The number of nitrogens with zero attached hydrogens (tertiary/aromatic N) is 6. The molecule has 0 bridgehead atoms. The quantitative estimate of drug-likeness (QED) is 0.306. The van der Waals surface area contributed by atoms with Crippen LogP contribution in [0.2, 0.25) is 0 Å². The molecule has 0 saturated carbocycles. The van der Waals surface area contributed by atoms with Gasteiger partial charge in [0.2, 0.25) is 5.95 Å². The second-order valence-corrected chi connectivity index (χ2v) is 10.9. The monoisotopic (exact) mass is 580 g/mol. The minimum atomic E-state index is -0.161. The number of carbonyl (C=O) groups excluding carboxylic acids is 1. The molecular weight excluding hydrogens is 544 g/mol. The number of methoxy groups -OCH3 is 1. The van der Waals surface area contributed by atoms with Crippen LogP contribution >= 0.6 is 0 Å². The SMILES string of the molecule is COc1ccc(CN2C(=O)COc3ccc(Nc4nc(Nc5ccc(N6CCN(C)CC6)c(C)c5)ncc4C)nc32)cc1. The number of benzene rings is 2. The lowest BCUT2D eigenvalue weighted by Crippen LogP contribution is -2.44. The van der Waals surface area contributed by atoms with Crippen molar-refractivity contribution in [3.8, 4) is 11.5 Å². The number of fused-ring (bicyclic) bond motifs is 1. The highest BCUT2D eigenvalue weighted by molar-refractivity contribution is 5.96. The molecule has 0 radical (unpaired) electrons. The van der Waals surface area contributed by atoms with Gasteiger partial charge in [-0.25, -0.2) is 9.97 Å². The Bertz CT molecular complexity index is 1620. The van der Waals surface area contributed by atoms with Crippen molar-refractivity contribution in [2.24, 2.45) is 0 Å². The number of carbonyl (C=O) groups is 1. The van der Waals surface area contributed by atoms with Crippen molar-refractivity contribution < 1.29 is 14.3 Å². The average molecular weight is 581 g/mol. The molecule has 0 unspecified atom stereocenters. The van der Waals surface area contributed by atoms with E-state index in [0.717, 1.165) is 48.7 Å². The maximum atomic E-state index is 12.9. The van der Waals surface area contributed by atoms with Gasteiger partial charge in [0.1, 0.15) is 17.4 Å². The van der Waals surface area contributed by atoms with Gasteiger partial charge < -0.3 is 29.9 Å². The summed E-state index contributed by atoms with van der Waals surface area (Å²) in [6, 6.07) is 17.6. The maximum absolute atomic E-state index is 12.9. The van der Waals surface area contributed by atoms with Gasteiger partial charge in [0.05, 0.1) is 13.7 Å². The van der Waals surface area contributed by atoms with Gasteiger partial charge in [-0.1, -0.05) is 12.1 Å². The van der Waals surface area contributed by atoms with Gasteiger partial charge in [-0.15, -0.1) is 0 Å². The molecule has 1 amide bonds. The fourth-order valence-corrected chi connectivity index (χ4v) is 5.24. The van der Waals surface area contributed by atoms with Gasteiger partial charge in [0.25, 0.3) is 5.91 Å². The normalized spacial score (nSPS) is 15.1. The molecule has 2 aliphatic rings. The van der Waals surface area contributed by atoms with Crippen molar-refractivity contribution in [3.05, 3.63) is 77.5 Å². The van der Waals surface area contributed by atoms with Gasteiger partial charge in [0, 0.05) is 49.3 Å². The van der Waals surface area contributed by atoms with Crippen LogP contribution in [0.15, 0.2) is 60.8 Å². The minimum Gasteiger partial charge on any atom is -0.497 e. The first-order valence-electron chi connectivity index (χ1n) is 14.4. The Morgan fingerprint density at radius 2 is 1.72 bits per heavy atom. The van der Waals surface area contributed by atoms with Gasteiger partial charge >= 0.3 is 0 Å². The number of aromatic nitrogens is 3. The molecule has 11 nitrogen and oxygen atoms in total. The first kappa shape index (κ1) is 28.2. The maximum Gasteiger partial charge on any atom is 0.266 e. The lowest BCUT2D eigenvalue weighted by molar-refractivity contribution is -0.121. The van der Waals surface area contributed by atoms with Crippen molar-refractivity contribution in [3.63, 3.8) is 0 Å². The fourth-order valence-electron chi connectivity index (χ4n) is 5.24. The Labute approximate surface area is 251 Å². The minimum absolute atomic E-state index is 0.0342. The predicted octanol–water partition coefficient (Wildman–Crippen LogP) is 4.66. The molecule has 6 rings (SSSR count). The number of amides is 1. The number of aryl methyl sites for hydroxylation is 2. The number of ether oxygens (including phenoxy) is 2. The van der Waals surface area contributed by atoms with E-state index in [2.05, 4.69) is 57.6 Å². The molecule has 222 valence electrons. The van der Waals surface area contributed by atoms with Crippen LogP contribution in [0.4, 0.5) is 34.8 Å². The zero-order chi connectivity index (χ0) is 29.9. The Hall–Kier alpha value is -4.90. The van der Waals surface area contributed by atoms with E-state index < -0.39 is 0 Å². The lowest BCUT2D eigenvalue weighted by atomic mass is 10.1. The zero-order valence-electron chi connectivity index (χ0n) is 24.9. The van der Waals surface area contributed by atoms with E-state index in [4.69, 9.17) is 19.4 Å². The molecule has 2 aromatic carbocycles. The summed E-state index contributed by atoms with van der Waals surface area (Å²) < 4.78 is 10.9. The topological polar surface area (TPSA) is 108 Å². The van der Waals surface area contributed by atoms with Crippen LogP contribution in [0.3, 0.4) is 0 Å². The summed E-state index contributed by atoms with van der Waals surface area (Å²) in [5.74, 6) is 3.23. The Morgan fingerprint density at radius 3 is 2.47 bits per heavy atom. The van der Waals surface area contributed by atoms with E-state index >= 15 is 0 Å². The summed E-state index contributed by atoms with van der Waals surface area (Å²) in [6.07, 6.45) is 1.77. The molecule has 2 aromatic heterocycles. The van der Waals surface area contributed by atoms with Crippen molar-refractivity contribution in [1.29, 1.82) is 0 Å². The standard InChI is InChI=1S/C32H36N8O3/c1-21-17-24(7-10-26(21)39-15-13-38(3)14-16-39)34-32-33-18-22(2)30(37-32)35-28-12-11-27-31(36-28)40(29(41)20-43-27)19-23-5-8-25(42-4)9-6-23/h5-12,17-18H,13-16,19-20H2,1-4H3,(H2,33,34,35,36,37). The number of rotatable bonds is 8. The highest BCUT2D eigenvalue weighted by atomic mass is 16.5. The molecule has 11 heteroatoms. The van der Waals surface area contributed by atoms with Crippen LogP contribution in [0.25, 0.3) is 0 Å². The summed E-state index contributed by atoms with van der Waals surface area (Å²) in [6.45, 7) is 8.58. The average Bonchev–Trinajstić information content (AvgIpc) is 3.01. The third kappa shape index (κ3) is 6.31. The summed E-state index contributed by atoms with van der Waals surface area (Å²) in [5.41, 5.74) is 5.19. The molecule has 0 aliphatic carbocycles. The van der Waals surface area contributed by atoms with E-state index in [9.17, 15) is 4.79 Å². The second kappa shape index (κ2) is 12.1. The smallest absolute Gasteiger partial charge is 0.266 e. The second-order valence-electron chi connectivity index (χ2n) is 10.9. The van der Waals surface area contributed by atoms with Crippen LogP contribution in [0, 0.1) is 13.8 Å². The highest BCUT2D eigenvalue weighted by Crippen LogP contribution is 2.34.